The van der Waals surface area contributed by atoms with Gasteiger partial charge in [0.15, 0.2) is 8.07 Å². The van der Waals surface area contributed by atoms with E-state index in [-0.39, 0.29) is 0 Å². The topological polar surface area (TPSA) is 4.93 Å². The highest BCUT2D eigenvalue weighted by Gasteiger charge is 2.48. The highest BCUT2D eigenvalue weighted by molar-refractivity contribution is 7.22. The van der Waals surface area contributed by atoms with Crippen molar-refractivity contribution in [2.45, 2.75) is 0 Å². The molecule has 0 spiro atoms. The van der Waals surface area contributed by atoms with Gasteiger partial charge in [-0.3, -0.25) is 0 Å². The number of nitrogens with zero attached hydrogens (tertiary/aromatic N) is 1. The SMILES string of the molecule is c1ccc([Si]2(c3ccccc3)c3ccccc3-c3ccc(-n4c5ccc(-c6ccc(-c7ccc(-c8cccc9ccccc89)cc7)cc6)cc5c5cc(-c6ccc(-c7ccc(-c8cccc9ccccc89)cc7)cc6)ccc54)cc32)cc1. The number of aromatic nitrogens is 1. The molecule has 1 aromatic heterocycles. The second-order valence-corrected chi connectivity index (χ2v) is 25.7. The first-order chi connectivity index (χ1) is 40.6. The van der Waals surface area contributed by atoms with Crippen LogP contribution in [0.3, 0.4) is 0 Å². The highest BCUT2D eigenvalue weighted by Crippen LogP contribution is 2.40. The van der Waals surface area contributed by atoms with Gasteiger partial charge in [-0.25, -0.2) is 0 Å². The van der Waals surface area contributed by atoms with E-state index in [9.17, 15) is 0 Å². The monoisotopic (exact) mass is 1060 g/mol. The molecule has 82 heavy (non-hydrogen) atoms. The molecule has 0 amide bonds. The van der Waals surface area contributed by atoms with E-state index in [1.807, 2.05) is 0 Å². The molecular formula is C80H53NSi. The summed E-state index contributed by atoms with van der Waals surface area (Å²) in [6, 6.07) is 120. The van der Waals surface area contributed by atoms with Gasteiger partial charge < -0.3 is 4.57 Å². The fourth-order valence-electron chi connectivity index (χ4n) is 13.6. The smallest absolute Gasteiger partial charge is 0.180 e. The van der Waals surface area contributed by atoms with Crippen molar-refractivity contribution in [2.24, 2.45) is 0 Å². The van der Waals surface area contributed by atoms with Crippen molar-refractivity contribution in [3.8, 4) is 83.6 Å². The lowest BCUT2D eigenvalue weighted by atomic mass is 9.95. The largest absolute Gasteiger partial charge is 0.309 e. The Labute approximate surface area is 479 Å². The molecular weight excluding hydrogens is 1000 g/mol. The minimum absolute atomic E-state index is 1.17. The molecule has 0 unspecified atom stereocenters. The van der Waals surface area contributed by atoms with Gasteiger partial charge in [0.05, 0.1) is 11.0 Å². The van der Waals surface area contributed by atoms with E-state index in [0.29, 0.717) is 0 Å². The van der Waals surface area contributed by atoms with Crippen LogP contribution in [0.5, 0.6) is 0 Å². The zero-order valence-corrected chi connectivity index (χ0v) is 46.0. The minimum atomic E-state index is -2.74. The summed E-state index contributed by atoms with van der Waals surface area (Å²) in [7, 11) is -2.74. The van der Waals surface area contributed by atoms with Crippen LogP contribution >= 0.6 is 0 Å². The van der Waals surface area contributed by atoms with Gasteiger partial charge in [-0.15, -0.1) is 0 Å². The van der Waals surface area contributed by atoms with Crippen LogP contribution in [0, 0.1) is 0 Å². The molecule has 0 fully saturated rings. The Morgan fingerprint density at radius 2 is 0.561 bits per heavy atom. The predicted octanol–water partition coefficient (Wildman–Crippen LogP) is 18.4. The molecule has 16 rings (SSSR count). The summed E-state index contributed by atoms with van der Waals surface area (Å²) in [4.78, 5) is 0. The molecule has 0 N–H and O–H groups in total. The molecule has 14 aromatic carbocycles. The van der Waals surface area contributed by atoms with Crippen LogP contribution in [-0.2, 0) is 0 Å². The summed E-state index contributed by atoms with van der Waals surface area (Å²) in [6.45, 7) is 0. The summed E-state index contributed by atoms with van der Waals surface area (Å²) in [6.07, 6.45) is 0. The Morgan fingerprint density at radius 3 is 1.04 bits per heavy atom. The van der Waals surface area contributed by atoms with Crippen molar-refractivity contribution in [3.05, 3.63) is 322 Å². The van der Waals surface area contributed by atoms with Crippen molar-refractivity contribution in [1.29, 1.82) is 0 Å². The summed E-state index contributed by atoms with van der Waals surface area (Å²) >= 11 is 0. The normalized spacial score (nSPS) is 12.5. The zero-order valence-electron chi connectivity index (χ0n) is 45.0. The van der Waals surface area contributed by atoms with E-state index in [1.54, 1.807) is 0 Å². The number of fused-ring (bicyclic) bond motifs is 8. The average molecular weight is 1060 g/mol. The summed E-state index contributed by atoms with van der Waals surface area (Å²) in [5.41, 5.74) is 20.7. The maximum absolute atomic E-state index is 2.74. The van der Waals surface area contributed by atoms with Crippen LogP contribution in [0.4, 0.5) is 0 Å². The van der Waals surface area contributed by atoms with Crippen LogP contribution in [0.25, 0.3) is 127 Å². The van der Waals surface area contributed by atoms with Gasteiger partial charge >= 0.3 is 0 Å². The number of hydrogen-bond acceptors (Lipinski definition) is 0. The molecule has 0 saturated heterocycles. The summed E-state index contributed by atoms with van der Waals surface area (Å²) < 4.78 is 2.52. The van der Waals surface area contributed by atoms with Crippen LogP contribution < -0.4 is 20.7 Å². The number of rotatable bonds is 9. The van der Waals surface area contributed by atoms with E-state index in [2.05, 4.69) is 326 Å². The van der Waals surface area contributed by atoms with Gasteiger partial charge in [0.1, 0.15) is 0 Å². The fourth-order valence-corrected chi connectivity index (χ4v) is 18.8. The average Bonchev–Trinajstić information content (AvgIpc) is 4.26. The Morgan fingerprint density at radius 1 is 0.207 bits per heavy atom. The third-order valence-electron chi connectivity index (χ3n) is 17.5. The lowest BCUT2D eigenvalue weighted by Gasteiger charge is -2.31. The van der Waals surface area contributed by atoms with Crippen LogP contribution in [0.15, 0.2) is 322 Å². The molecule has 0 radical (unpaired) electrons. The molecule has 2 heteroatoms. The van der Waals surface area contributed by atoms with E-state index in [0.717, 1.165) is 0 Å². The van der Waals surface area contributed by atoms with Gasteiger partial charge in [-0.05, 0) is 157 Å². The third kappa shape index (κ3) is 7.75. The highest BCUT2D eigenvalue weighted by atomic mass is 28.3. The first kappa shape index (κ1) is 47.6. The van der Waals surface area contributed by atoms with E-state index < -0.39 is 8.07 Å². The Balaban J connectivity index is 0.802. The molecule has 382 valence electrons. The third-order valence-corrected chi connectivity index (χ3v) is 22.4. The summed E-state index contributed by atoms with van der Waals surface area (Å²) in [5.74, 6) is 0. The van der Waals surface area contributed by atoms with Gasteiger partial charge in [0, 0.05) is 16.5 Å². The molecule has 15 aromatic rings. The Bertz CT molecular complexity index is 4650. The molecule has 0 aliphatic carbocycles. The van der Waals surface area contributed by atoms with E-state index in [1.165, 1.54) is 148 Å². The molecule has 2 heterocycles. The molecule has 0 bridgehead atoms. The van der Waals surface area contributed by atoms with Gasteiger partial charge in [-0.1, -0.05) is 285 Å². The number of benzene rings is 14. The maximum atomic E-state index is 2.54. The molecule has 1 nitrogen and oxygen atoms in total. The number of hydrogen-bond donors (Lipinski definition) is 0. The van der Waals surface area contributed by atoms with Crippen molar-refractivity contribution in [1.82, 2.24) is 4.57 Å². The fraction of sp³-hybridized carbons (Fsp3) is 0. The minimum Gasteiger partial charge on any atom is -0.309 e. The van der Waals surface area contributed by atoms with Gasteiger partial charge in [0.2, 0.25) is 0 Å². The zero-order chi connectivity index (χ0) is 54.1. The lowest BCUT2D eigenvalue weighted by molar-refractivity contribution is 1.18. The molecule has 1 aliphatic rings. The quantitative estimate of drug-likeness (QED) is 0.127. The van der Waals surface area contributed by atoms with Gasteiger partial charge in [-0.2, -0.15) is 0 Å². The second kappa shape index (κ2) is 19.5. The van der Waals surface area contributed by atoms with Crippen molar-refractivity contribution in [2.75, 3.05) is 0 Å². The standard InChI is InChI=1S/C80H53NSi/c1-3-19-67(20-4-1)82(68-21-5-2-6-22-68)79-28-12-11-25-73(79)74-48-47-66(53-80(74)82)81-77-49-45-64(58-33-29-54(30-34-58)56-37-41-62(42-38-56)71-26-13-17-60-15-7-9-23-69(60)71)51-75(77)76-52-65(46-50-78(76)81)59-35-31-55(32-36-59)57-39-43-63(44-40-57)72-27-14-18-61-16-8-10-24-70(61)72/h1-53H. The summed E-state index contributed by atoms with van der Waals surface area (Å²) in [5, 5.41) is 13.2. The first-order valence-electron chi connectivity index (χ1n) is 28.5. The second-order valence-electron chi connectivity index (χ2n) is 21.9. The molecule has 1 aliphatic heterocycles. The van der Waals surface area contributed by atoms with Gasteiger partial charge in [0.25, 0.3) is 0 Å². The van der Waals surface area contributed by atoms with Crippen molar-refractivity contribution >= 4 is 72.2 Å². The van der Waals surface area contributed by atoms with Crippen LogP contribution in [0.2, 0.25) is 0 Å². The Kier molecular flexibility index (Phi) is 11.3. The lowest BCUT2D eigenvalue weighted by Crippen LogP contribution is -2.72. The first-order valence-corrected chi connectivity index (χ1v) is 30.5. The van der Waals surface area contributed by atoms with E-state index >= 15 is 0 Å². The maximum Gasteiger partial charge on any atom is 0.180 e. The Hall–Kier alpha value is -10.4. The van der Waals surface area contributed by atoms with Crippen molar-refractivity contribution in [3.63, 3.8) is 0 Å². The predicted molar refractivity (Wildman–Crippen MR) is 351 cm³/mol. The van der Waals surface area contributed by atoms with Crippen molar-refractivity contribution < 1.29 is 0 Å². The van der Waals surface area contributed by atoms with Crippen LogP contribution in [0.1, 0.15) is 0 Å². The molecule has 0 saturated carbocycles. The van der Waals surface area contributed by atoms with E-state index in [4.69, 9.17) is 0 Å². The molecule has 0 atom stereocenters. The van der Waals surface area contributed by atoms with Crippen LogP contribution in [-0.4, -0.2) is 12.6 Å².